The molecule has 0 bridgehead atoms. The zero-order valence-corrected chi connectivity index (χ0v) is 22.0. The predicted octanol–water partition coefficient (Wildman–Crippen LogP) is 4.22. The summed E-state index contributed by atoms with van der Waals surface area (Å²) >= 11 is 1.44. The summed E-state index contributed by atoms with van der Waals surface area (Å²) in [5.74, 6) is 0.657. The minimum atomic E-state index is -1.15. The molecule has 1 amide bonds. The van der Waals surface area contributed by atoms with E-state index in [1.54, 1.807) is 0 Å². The summed E-state index contributed by atoms with van der Waals surface area (Å²) in [6.45, 7) is 8.63. The highest BCUT2D eigenvalue weighted by molar-refractivity contribution is 7.11. The number of aryl methyl sites for hydroxylation is 1. The molecule has 1 saturated carbocycles. The molecule has 1 aliphatic heterocycles. The van der Waals surface area contributed by atoms with Crippen molar-refractivity contribution in [2.24, 2.45) is 0 Å². The number of alkyl halides is 1. The third-order valence-corrected chi connectivity index (χ3v) is 8.14. The van der Waals surface area contributed by atoms with Crippen LogP contribution < -0.4 is 10.1 Å². The fourth-order valence-electron chi connectivity index (χ4n) is 4.90. The lowest BCUT2D eigenvalue weighted by atomic mass is 9.81. The van der Waals surface area contributed by atoms with Gasteiger partial charge in [-0.05, 0) is 64.4 Å². The molecular weight excluding hydrogens is 465 g/mol. The topological polar surface area (TPSA) is 80.2 Å². The van der Waals surface area contributed by atoms with Crippen molar-refractivity contribution in [2.75, 3.05) is 19.6 Å². The molecule has 9 heteroatoms. The summed E-state index contributed by atoms with van der Waals surface area (Å²) in [5.41, 5.74) is 1.24. The normalized spacial score (nSPS) is 23.8. The summed E-state index contributed by atoms with van der Waals surface area (Å²) in [6.07, 6.45) is 6.09. The van der Waals surface area contributed by atoms with E-state index in [0.717, 1.165) is 54.6 Å². The number of ether oxygens (including phenoxy) is 1. The molecule has 1 N–H and O–H groups in total. The smallest absolute Gasteiger partial charge is 0.227 e. The summed E-state index contributed by atoms with van der Waals surface area (Å²) in [4.78, 5) is 19.4. The zero-order valence-electron chi connectivity index (χ0n) is 21.2. The van der Waals surface area contributed by atoms with E-state index in [1.807, 2.05) is 13.0 Å². The van der Waals surface area contributed by atoms with Gasteiger partial charge in [0.25, 0.3) is 0 Å². The van der Waals surface area contributed by atoms with E-state index < -0.39 is 5.67 Å². The molecule has 2 aliphatic rings. The van der Waals surface area contributed by atoms with Gasteiger partial charge in [0.15, 0.2) is 0 Å². The Kier molecular flexibility index (Phi) is 8.70. The first-order valence-electron chi connectivity index (χ1n) is 13.0. The maximum absolute atomic E-state index is 15.6. The Hall–Kier alpha value is -2.13. The van der Waals surface area contributed by atoms with Crippen LogP contribution in [0.5, 0.6) is 5.88 Å². The fourth-order valence-corrected chi connectivity index (χ4v) is 5.61. The number of halogens is 1. The van der Waals surface area contributed by atoms with Gasteiger partial charge in [-0.2, -0.15) is 0 Å². The van der Waals surface area contributed by atoms with Crippen molar-refractivity contribution in [1.29, 1.82) is 0 Å². The molecule has 0 aromatic carbocycles. The van der Waals surface area contributed by atoms with Crippen molar-refractivity contribution in [3.05, 3.63) is 33.4 Å². The summed E-state index contributed by atoms with van der Waals surface area (Å²) in [5, 5.41) is 12.6. The second-order valence-corrected chi connectivity index (χ2v) is 11.3. The van der Waals surface area contributed by atoms with Gasteiger partial charge >= 0.3 is 0 Å². The van der Waals surface area contributed by atoms with Crippen LogP contribution in [0.1, 0.15) is 73.6 Å². The van der Waals surface area contributed by atoms with Gasteiger partial charge in [0.05, 0.1) is 12.5 Å². The summed E-state index contributed by atoms with van der Waals surface area (Å²) in [7, 11) is 0. The van der Waals surface area contributed by atoms with Crippen LogP contribution in [0.25, 0.3) is 0 Å². The standard InChI is InChI=1S/C26H38FN5O2S/c1-4-18(2)34-24-6-5-20-9-14-32(15-10-22(20)29-24)16-13-26(27)11-7-21(8-12-26)28-23(33)17-25-31-30-19(3)35-25/h5-6,18,21H,4,7-17H2,1-3H3,(H,28,33). The van der Waals surface area contributed by atoms with Crippen molar-refractivity contribution in [3.8, 4) is 5.88 Å². The van der Waals surface area contributed by atoms with Gasteiger partial charge in [0, 0.05) is 43.9 Å². The number of carbonyl (C=O) groups is 1. The molecule has 1 unspecified atom stereocenters. The fraction of sp³-hybridized carbons (Fsp3) is 0.692. The molecule has 4 rings (SSSR count). The van der Waals surface area contributed by atoms with E-state index in [1.165, 1.54) is 16.9 Å². The maximum atomic E-state index is 15.6. The second kappa shape index (κ2) is 11.7. The van der Waals surface area contributed by atoms with Crippen LogP contribution in [0.3, 0.4) is 0 Å². The first-order valence-corrected chi connectivity index (χ1v) is 13.8. The van der Waals surface area contributed by atoms with Crippen LogP contribution in [-0.4, -0.2) is 63.4 Å². The molecule has 0 saturated heterocycles. The van der Waals surface area contributed by atoms with Gasteiger partial charge in [0.2, 0.25) is 11.8 Å². The van der Waals surface area contributed by atoms with Crippen molar-refractivity contribution in [2.45, 2.75) is 96.4 Å². The predicted molar refractivity (Wildman–Crippen MR) is 136 cm³/mol. The number of carbonyl (C=O) groups excluding carboxylic acids is 1. The first kappa shape index (κ1) is 25.9. The van der Waals surface area contributed by atoms with Crippen LogP contribution in [0.15, 0.2) is 12.1 Å². The highest BCUT2D eigenvalue weighted by Gasteiger charge is 2.36. The van der Waals surface area contributed by atoms with Gasteiger partial charge in [-0.15, -0.1) is 21.5 Å². The Morgan fingerprint density at radius 2 is 2.06 bits per heavy atom. The van der Waals surface area contributed by atoms with Crippen molar-refractivity contribution >= 4 is 17.2 Å². The Labute approximate surface area is 211 Å². The highest BCUT2D eigenvalue weighted by atomic mass is 32.1. The third-order valence-electron chi connectivity index (χ3n) is 7.30. The van der Waals surface area contributed by atoms with Gasteiger partial charge in [0.1, 0.15) is 15.7 Å². The molecule has 7 nitrogen and oxygen atoms in total. The van der Waals surface area contributed by atoms with Crippen LogP contribution in [0.2, 0.25) is 0 Å². The monoisotopic (exact) mass is 503 g/mol. The molecule has 0 radical (unpaired) electrons. The van der Waals surface area contributed by atoms with E-state index in [2.05, 4.69) is 40.3 Å². The summed E-state index contributed by atoms with van der Waals surface area (Å²) < 4.78 is 21.5. The highest BCUT2D eigenvalue weighted by Crippen LogP contribution is 2.35. The van der Waals surface area contributed by atoms with E-state index in [4.69, 9.17) is 9.72 Å². The minimum absolute atomic E-state index is 0.0472. The number of aromatic nitrogens is 3. The van der Waals surface area contributed by atoms with Gasteiger partial charge in [-0.3, -0.25) is 4.79 Å². The first-order chi connectivity index (χ1) is 16.8. The van der Waals surface area contributed by atoms with Crippen LogP contribution >= 0.6 is 11.3 Å². The average Bonchev–Trinajstić information content (AvgIpc) is 3.13. The SMILES string of the molecule is CCC(C)Oc1ccc2c(n1)CCN(CCC1(F)CCC(NC(=O)Cc3nnc(C)s3)CC1)CC2. The molecule has 2 aromatic rings. The molecule has 1 atom stereocenters. The number of fused-ring (bicyclic) bond motifs is 1. The lowest BCUT2D eigenvalue weighted by molar-refractivity contribution is -0.121. The van der Waals surface area contributed by atoms with Crippen LogP contribution in [0.4, 0.5) is 4.39 Å². The molecule has 1 aliphatic carbocycles. The number of amides is 1. The molecule has 3 heterocycles. The van der Waals surface area contributed by atoms with E-state index in [-0.39, 0.29) is 24.5 Å². The Morgan fingerprint density at radius 1 is 1.29 bits per heavy atom. The Morgan fingerprint density at radius 3 is 2.77 bits per heavy atom. The molecule has 0 spiro atoms. The number of nitrogens with zero attached hydrogens (tertiary/aromatic N) is 4. The number of pyridine rings is 1. The Balaban J connectivity index is 1.20. The second-order valence-electron chi connectivity index (χ2n) is 10.1. The van der Waals surface area contributed by atoms with E-state index >= 15 is 4.39 Å². The van der Waals surface area contributed by atoms with Crippen LogP contribution in [-0.2, 0) is 24.1 Å². The quantitative estimate of drug-likeness (QED) is 0.552. The third kappa shape index (κ3) is 7.43. The van der Waals surface area contributed by atoms with Crippen molar-refractivity contribution < 1.29 is 13.9 Å². The van der Waals surface area contributed by atoms with Gasteiger partial charge in [-0.1, -0.05) is 13.0 Å². The number of nitrogens with one attached hydrogen (secondary N) is 1. The largest absolute Gasteiger partial charge is 0.475 e. The molecule has 2 aromatic heterocycles. The lowest BCUT2D eigenvalue weighted by Crippen LogP contribution is -2.43. The van der Waals surface area contributed by atoms with E-state index in [9.17, 15) is 4.79 Å². The Bertz CT molecular complexity index is 992. The van der Waals surface area contributed by atoms with Gasteiger partial charge in [-0.25, -0.2) is 9.37 Å². The van der Waals surface area contributed by atoms with E-state index in [0.29, 0.717) is 38.0 Å². The summed E-state index contributed by atoms with van der Waals surface area (Å²) in [6, 6.07) is 4.16. The number of hydrogen-bond donors (Lipinski definition) is 1. The van der Waals surface area contributed by atoms with Crippen molar-refractivity contribution in [1.82, 2.24) is 25.4 Å². The molecule has 192 valence electrons. The average molecular weight is 504 g/mol. The number of rotatable bonds is 9. The van der Waals surface area contributed by atoms with Crippen LogP contribution in [0, 0.1) is 6.92 Å². The zero-order chi connectivity index (χ0) is 24.8. The molecular formula is C26H38FN5O2S. The molecule has 35 heavy (non-hydrogen) atoms. The van der Waals surface area contributed by atoms with Crippen molar-refractivity contribution in [3.63, 3.8) is 0 Å². The van der Waals surface area contributed by atoms with Gasteiger partial charge < -0.3 is 15.0 Å². The molecule has 1 fully saturated rings. The number of hydrogen-bond acceptors (Lipinski definition) is 7. The minimum Gasteiger partial charge on any atom is -0.475 e. The maximum Gasteiger partial charge on any atom is 0.227 e. The lowest BCUT2D eigenvalue weighted by Gasteiger charge is -2.35.